The molecule has 1 fully saturated rings. The van der Waals surface area contributed by atoms with Crippen LogP contribution < -0.4 is 5.56 Å². The maximum atomic E-state index is 12.4. The third kappa shape index (κ3) is 4.27. The Balaban J connectivity index is 1.60. The lowest BCUT2D eigenvalue weighted by atomic mass is 9.97. The van der Waals surface area contributed by atoms with Crippen molar-refractivity contribution >= 4 is 0 Å². The van der Waals surface area contributed by atoms with Crippen LogP contribution in [0.4, 0.5) is 0 Å². The van der Waals surface area contributed by atoms with Crippen molar-refractivity contribution in [3.8, 4) is 11.3 Å². The summed E-state index contributed by atoms with van der Waals surface area (Å²) in [5.74, 6) is 0.537. The molecule has 0 amide bonds. The van der Waals surface area contributed by atoms with Gasteiger partial charge in [-0.3, -0.25) is 14.3 Å². The maximum absolute atomic E-state index is 12.4. The van der Waals surface area contributed by atoms with Crippen LogP contribution in [-0.4, -0.2) is 52.8 Å². The summed E-state index contributed by atoms with van der Waals surface area (Å²) in [6.45, 7) is 4.67. The van der Waals surface area contributed by atoms with Gasteiger partial charge in [0.05, 0.1) is 18.6 Å². The minimum atomic E-state index is 0.0126. The molecule has 0 N–H and O–H groups in total. The lowest BCUT2D eigenvalue weighted by molar-refractivity contribution is 0.116. The van der Waals surface area contributed by atoms with Crippen molar-refractivity contribution in [2.45, 2.75) is 19.4 Å². The first-order chi connectivity index (χ1) is 11.8. The molecular weight excluding hydrogens is 304 g/mol. The van der Waals surface area contributed by atoms with Crippen molar-refractivity contribution < 1.29 is 4.74 Å². The molecule has 0 radical (unpaired) electrons. The van der Waals surface area contributed by atoms with Gasteiger partial charge in [-0.25, -0.2) is 4.98 Å². The number of pyridine rings is 1. The highest BCUT2D eigenvalue weighted by Crippen LogP contribution is 2.19. The molecule has 1 aliphatic rings. The van der Waals surface area contributed by atoms with E-state index in [4.69, 9.17) is 4.74 Å². The molecular formula is C18H24N4O2. The average molecular weight is 328 g/mol. The molecule has 6 nitrogen and oxygen atoms in total. The fraction of sp³-hybridized carbons (Fsp3) is 0.500. The van der Waals surface area contributed by atoms with E-state index in [0.717, 1.165) is 51.2 Å². The summed E-state index contributed by atoms with van der Waals surface area (Å²) in [5, 5.41) is 0. The van der Waals surface area contributed by atoms with Crippen molar-refractivity contribution in [3.05, 3.63) is 47.3 Å². The second-order valence-electron chi connectivity index (χ2n) is 6.28. The lowest BCUT2D eigenvalue weighted by Crippen LogP contribution is -2.37. The first-order valence-corrected chi connectivity index (χ1v) is 8.44. The minimum Gasteiger partial charge on any atom is -0.383 e. The van der Waals surface area contributed by atoms with Crippen molar-refractivity contribution in [3.63, 3.8) is 0 Å². The topological polar surface area (TPSA) is 60.2 Å². The summed E-state index contributed by atoms with van der Waals surface area (Å²) in [5.41, 5.74) is 1.63. The minimum absolute atomic E-state index is 0.0126. The zero-order valence-corrected chi connectivity index (χ0v) is 14.1. The van der Waals surface area contributed by atoms with Crippen LogP contribution in [0.1, 0.15) is 12.8 Å². The fourth-order valence-corrected chi connectivity index (χ4v) is 3.13. The van der Waals surface area contributed by atoms with Gasteiger partial charge in [0.25, 0.3) is 5.56 Å². The first kappa shape index (κ1) is 16.8. The van der Waals surface area contributed by atoms with Crippen LogP contribution in [0.3, 0.4) is 0 Å². The summed E-state index contributed by atoms with van der Waals surface area (Å²) in [7, 11) is 1.74. The van der Waals surface area contributed by atoms with Gasteiger partial charge in [-0.2, -0.15) is 0 Å². The lowest BCUT2D eigenvalue weighted by Gasteiger charge is -2.31. The molecule has 0 atom stereocenters. The summed E-state index contributed by atoms with van der Waals surface area (Å²) in [4.78, 5) is 23.2. The normalized spacial score (nSPS) is 16.4. The van der Waals surface area contributed by atoms with Crippen molar-refractivity contribution in [2.75, 3.05) is 33.4 Å². The van der Waals surface area contributed by atoms with Crippen LogP contribution in [0.5, 0.6) is 0 Å². The van der Waals surface area contributed by atoms with Gasteiger partial charge >= 0.3 is 0 Å². The standard InChI is InChI=1S/C18H24N4O2/c1-24-11-10-21-8-4-15(5-9-21)13-22-14-20-17(12-18(22)23)16-2-6-19-7-3-16/h2-3,6-7,12,14-15H,4-5,8-11,13H2,1H3. The molecule has 0 saturated carbocycles. The van der Waals surface area contributed by atoms with Gasteiger partial charge in [-0.1, -0.05) is 0 Å². The van der Waals surface area contributed by atoms with Gasteiger partial charge in [0.1, 0.15) is 0 Å². The summed E-state index contributed by atoms with van der Waals surface area (Å²) < 4.78 is 6.87. The molecule has 3 heterocycles. The highest BCUT2D eigenvalue weighted by Gasteiger charge is 2.19. The monoisotopic (exact) mass is 328 g/mol. The molecule has 0 aliphatic carbocycles. The third-order valence-corrected chi connectivity index (χ3v) is 4.63. The van der Waals surface area contributed by atoms with E-state index in [1.807, 2.05) is 12.1 Å². The number of hydrogen-bond donors (Lipinski definition) is 0. The van der Waals surface area contributed by atoms with Crippen LogP contribution in [0.2, 0.25) is 0 Å². The Kier molecular flexibility index (Phi) is 5.72. The molecule has 24 heavy (non-hydrogen) atoms. The maximum Gasteiger partial charge on any atom is 0.253 e. The van der Waals surface area contributed by atoms with Crippen LogP contribution >= 0.6 is 0 Å². The zero-order chi connectivity index (χ0) is 16.8. The number of aromatic nitrogens is 3. The predicted octanol–water partition coefficient (Wildman–Crippen LogP) is 1.66. The van der Waals surface area contributed by atoms with Crippen molar-refractivity contribution in [1.29, 1.82) is 0 Å². The second kappa shape index (κ2) is 8.17. The smallest absolute Gasteiger partial charge is 0.253 e. The van der Waals surface area contributed by atoms with Crippen LogP contribution in [0.25, 0.3) is 11.3 Å². The van der Waals surface area contributed by atoms with Gasteiger partial charge < -0.3 is 9.64 Å². The van der Waals surface area contributed by atoms with E-state index >= 15 is 0 Å². The van der Waals surface area contributed by atoms with Crippen LogP contribution in [0, 0.1) is 5.92 Å². The highest BCUT2D eigenvalue weighted by molar-refractivity contribution is 5.57. The number of methoxy groups -OCH3 is 1. The Bertz CT molecular complexity index is 694. The molecule has 0 spiro atoms. The van der Waals surface area contributed by atoms with E-state index in [0.29, 0.717) is 11.6 Å². The molecule has 0 unspecified atom stereocenters. The SMILES string of the molecule is COCCN1CCC(Cn2cnc(-c3ccncc3)cc2=O)CC1. The Labute approximate surface area is 142 Å². The average Bonchev–Trinajstić information content (AvgIpc) is 2.63. The quantitative estimate of drug-likeness (QED) is 0.807. The van der Waals surface area contributed by atoms with Crippen molar-refractivity contribution in [1.82, 2.24) is 19.4 Å². The third-order valence-electron chi connectivity index (χ3n) is 4.63. The van der Waals surface area contributed by atoms with Gasteiger partial charge in [-0.15, -0.1) is 0 Å². The summed E-state index contributed by atoms with van der Waals surface area (Å²) in [6.07, 6.45) is 7.32. The molecule has 0 bridgehead atoms. The molecule has 2 aromatic rings. The second-order valence-corrected chi connectivity index (χ2v) is 6.28. The van der Waals surface area contributed by atoms with Crippen LogP contribution in [0.15, 0.2) is 41.7 Å². The molecule has 128 valence electrons. The Morgan fingerprint density at radius 3 is 2.67 bits per heavy atom. The number of rotatable bonds is 6. The fourth-order valence-electron chi connectivity index (χ4n) is 3.13. The van der Waals surface area contributed by atoms with Gasteiger partial charge in [-0.05, 0) is 44.0 Å². The molecule has 3 rings (SSSR count). The number of ether oxygens (including phenoxy) is 1. The number of piperidine rings is 1. The Morgan fingerprint density at radius 1 is 1.25 bits per heavy atom. The largest absolute Gasteiger partial charge is 0.383 e. The predicted molar refractivity (Wildman–Crippen MR) is 92.8 cm³/mol. The molecule has 1 saturated heterocycles. The molecule has 2 aromatic heterocycles. The van der Waals surface area contributed by atoms with Crippen LogP contribution in [-0.2, 0) is 11.3 Å². The van der Waals surface area contributed by atoms with E-state index in [2.05, 4.69) is 14.9 Å². The van der Waals surface area contributed by atoms with Crippen molar-refractivity contribution in [2.24, 2.45) is 5.92 Å². The van der Waals surface area contributed by atoms with Gasteiger partial charge in [0.2, 0.25) is 0 Å². The highest BCUT2D eigenvalue weighted by atomic mass is 16.5. The molecule has 6 heteroatoms. The van der Waals surface area contributed by atoms with E-state index in [1.165, 1.54) is 0 Å². The van der Waals surface area contributed by atoms with E-state index in [-0.39, 0.29) is 5.56 Å². The van der Waals surface area contributed by atoms with E-state index in [1.54, 1.807) is 36.5 Å². The zero-order valence-electron chi connectivity index (χ0n) is 14.1. The number of likely N-dealkylation sites (tertiary alicyclic amines) is 1. The number of nitrogens with zero attached hydrogens (tertiary/aromatic N) is 4. The summed E-state index contributed by atoms with van der Waals surface area (Å²) >= 11 is 0. The van der Waals surface area contributed by atoms with E-state index < -0.39 is 0 Å². The van der Waals surface area contributed by atoms with Gasteiger partial charge in [0, 0.05) is 44.2 Å². The molecule has 0 aromatic carbocycles. The Morgan fingerprint density at radius 2 is 2.00 bits per heavy atom. The Hall–Kier alpha value is -2.05. The summed E-state index contributed by atoms with van der Waals surface area (Å²) in [6, 6.07) is 5.34. The van der Waals surface area contributed by atoms with Gasteiger partial charge in [0.15, 0.2) is 0 Å². The van der Waals surface area contributed by atoms with E-state index in [9.17, 15) is 4.79 Å². The molecule has 1 aliphatic heterocycles. The number of hydrogen-bond acceptors (Lipinski definition) is 5. The first-order valence-electron chi connectivity index (χ1n) is 8.44.